The second-order valence-corrected chi connectivity index (χ2v) is 8.13. The van der Waals surface area contributed by atoms with Gasteiger partial charge in [-0.1, -0.05) is 12.1 Å². The number of carboxylic acids is 1. The van der Waals surface area contributed by atoms with Crippen LogP contribution in [0.5, 0.6) is 0 Å². The van der Waals surface area contributed by atoms with Crippen LogP contribution in [0.2, 0.25) is 0 Å². The lowest BCUT2D eigenvalue weighted by atomic mass is 10.1. The van der Waals surface area contributed by atoms with Crippen molar-refractivity contribution >= 4 is 33.2 Å². The summed E-state index contributed by atoms with van der Waals surface area (Å²) in [6.45, 7) is 0. The average Bonchev–Trinajstić information content (AvgIpc) is 3.21. The first-order valence-electron chi connectivity index (χ1n) is 7.41. The van der Waals surface area contributed by atoms with Gasteiger partial charge in [-0.2, -0.15) is 13.4 Å². The number of carbonyl (C=O) groups is 1. The molecule has 27 heavy (non-hydrogen) atoms. The molecule has 0 fully saturated rings. The first-order valence-corrected chi connectivity index (χ1v) is 10.1. The Bertz CT molecular complexity index is 1090. The van der Waals surface area contributed by atoms with Gasteiger partial charge < -0.3 is 14.2 Å². The summed E-state index contributed by atoms with van der Waals surface area (Å²) in [5, 5.41) is 14.8. The number of rotatable bonds is 6. The van der Waals surface area contributed by atoms with Crippen LogP contribution in [-0.2, 0) is 28.6 Å². The molecule has 0 saturated carbocycles. The van der Waals surface area contributed by atoms with Crippen molar-refractivity contribution in [2.75, 3.05) is 4.72 Å². The average molecular weight is 409 g/mol. The number of benzene rings is 1. The smallest absolute Gasteiger partial charge is 0.354 e. The minimum Gasteiger partial charge on any atom is -0.587 e. The summed E-state index contributed by atoms with van der Waals surface area (Å²) in [4.78, 5) is 15.5. The maximum atomic E-state index is 12.2. The van der Waals surface area contributed by atoms with Crippen molar-refractivity contribution in [1.82, 2.24) is 13.5 Å². The molecule has 0 saturated heterocycles. The van der Waals surface area contributed by atoms with Gasteiger partial charge in [0.25, 0.3) is 5.03 Å². The van der Waals surface area contributed by atoms with Crippen molar-refractivity contribution in [3.05, 3.63) is 54.7 Å². The van der Waals surface area contributed by atoms with E-state index in [-0.39, 0.29) is 5.56 Å². The van der Waals surface area contributed by atoms with Gasteiger partial charge in [0, 0.05) is 18.8 Å². The number of imidazole rings is 1. The van der Waals surface area contributed by atoms with Gasteiger partial charge in [-0.15, -0.1) is 0 Å². The summed E-state index contributed by atoms with van der Waals surface area (Å²) in [6.07, 6.45) is 4.23. The number of carboxylic acid groups (broad SMARTS) is 1. The number of aromatic nitrogens is 3. The van der Waals surface area contributed by atoms with E-state index in [1.54, 1.807) is 42.1 Å². The second-order valence-electron chi connectivity index (χ2n) is 5.55. The van der Waals surface area contributed by atoms with Crippen LogP contribution in [0, 0.1) is 0 Å². The molecule has 0 aliphatic heterocycles. The number of nitrogens with one attached hydrogen (secondary N) is 1. The molecule has 10 nitrogen and oxygen atoms in total. The Morgan fingerprint density at radius 2 is 1.96 bits per heavy atom. The van der Waals surface area contributed by atoms with Crippen molar-refractivity contribution in [2.24, 2.45) is 12.2 Å². The van der Waals surface area contributed by atoms with Gasteiger partial charge in [0.2, 0.25) is 0 Å². The Kier molecular flexibility index (Phi) is 4.97. The van der Waals surface area contributed by atoms with Crippen molar-refractivity contribution in [3.63, 3.8) is 0 Å². The lowest BCUT2D eigenvalue weighted by Gasteiger charge is -2.10. The molecule has 12 heteroatoms. The molecule has 142 valence electrons. The normalized spacial score (nSPS) is 12.7. The fourth-order valence-electron chi connectivity index (χ4n) is 2.43. The number of aromatic carboxylic acids is 1. The van der Waals surface area contributed by atoms with Crippen LogP contribution in [0.15, 0.2) is 54.1 Å². The van der Waals surface area contributed by atoms with Gasteiger partial charge in [0.05, 0.1) is 18.2 Å². The molecule has 0 bridgehead atoms. The maximum absolute atomic E-state index is 12.2. The predicted octanol–water partition coefficient (Wildman–Crippen LogP) is 0.773. The minimum absolute atomic E-state index is 0.189. The zero-order valence-electron chi connectivity index (χ0n) is 13.9. The van der Waals surface area contributed by atoms with Gasteiger partial charge >= 0.3 is 16.2 Å². The van der Waals surface area contributed by atoms with Crippen molar-refractivity contribution < 1.29 is 22.9 Å². The minimum atomic E-state index is -4.24. The third-order valence-electron chi connectivity index (χ3n) is 3.61. The largest absolute Gasteiger partial charge is 0.587 e. The van der Waals surface area contributed by atoms with Crippen LogP contribution in [0.4, 0.5) is 5.69 Å². The molecule has 0 amide bonds. The van der Waals surface area contributed by atoms with E-state index in [1.807, 2.05) is 0 Å². The number of anilines is 1. The Morgan fingerprint density at radius 3 is 2.48 bits per heavy atom. The highest BCUT2D eigenvalue weighted by atomic mass is 32.2. The van der Waals surface area contributed by atoms with Crippen LogP contribution < -0.4 is 9.86 Å². The fraction of sp³-hybridized carbons (Fsp3) is 0.0667. The third-order valence-corrected chi connectivity index (χ3v) is 5.47. The lowest BCUT2D eigenvalue weighted by Crippen LogP contribution is -2.24. The maximum Gasteiger partial charge on any atom is 0.354 e. The summed E-state index contributed by atoms with van der Waals surface area (Å²) in [7, 11) is -2.48. The molecule has 1 unspecified atom stereocenters. The van der Waals surface area contributed by atoms with Crippen molar-refractivity contribution in [3.8, 4) is 11.1 Å². The highest BCUT2D eigenvalue weighted by molar-refractivity contribution is 7.92. The molecule has 1 atom stereocenters. The quantitative estimate of drug-likeness (QED) is 0.508. The standard InChI is InChI=1S/C15H15N5O5S2/c1-19-8-13(17-9-19)26(23)18-11-4-2-10(3-5-11)12-6-7-20(27(16,24)25)14(12)15(21)22/h2-9,18H,1H3,(H,21,22)(H2,16,24,25). The van der Waals surface area contributed by atoms with E-state index in [2.05, 4.69) is 9.71 Å². The first kappa shape index (κ1) is 19.0. The van der Waals surface area contributed by atoms with Gasteiger partial charge in [0.1, 0.15) is 11.4 Å². The van der Waals surface area contributed by atoms with Gasteiger partial charge in [-0.3, -0.25) is 0 Å². The van der Waals surface area contributed by atoms with Crippen molar-refractivity contribution in [1.29, 1.82) is 0 Å². The van der Waals surface area contributed by atoms with Crippen LogP contribution in [0.25, 0.3) is 11.1 Å². The molecular formula is C15H15N5O5S2. The van der Waals surface area contributed by atoms with Crippen LogP contribution >= 0.6 is 0 Å². The zero-order valence-corrected chi connectivity index (χ0v) is 15.6. The van der Waals surface area contributed by atoms with E-state index in [4.69, 9.17) is 5.14 Å². The molecule has 0 radical (unpaired) electrons. The van der Waals surface area contributed by atoms with Crippen molar-refractivity contribution in [2.45, 2.75) is 5.03 Å². The van der Waals surface area contributed by atoms with Crippen LogP contribution in [0.1, 0.15) is 10.5 Å². The summed E-state index contributed by atoms with van der Waals surface area (Å²) in [5.41, 5.74) is 0.707. The molecule has 0 aliphatic carbocycles. The molecule has 3 rings (SSSR count). The number of nitrogens with zero attached hydrogens (tertiary/aromatic N) is 3. The molecule has 2 heterocycles. The molecule has 4 N–H and O–H groups in total. The Labute approximate surface area is 157 Å². The number of hydrogen-bond acceptors (Lipinski definition) is 6. The number of aryl methyl sites for hydroxylation is 1. The highest BCUT2D eigenvalue weighted by Crippen LogP contribution is 2.27. The summed E-state index contributed by atoms with van der Waals surface area (Å²) < 4.78 is 40.2. The van der Waals surface area contributed by atoms with Gasteiger partial charge in [-0.05, 0) is 23.8 Å². The number of hydrogen-bond donors (Lipinski definition) is 3. The van der Waals surface area contributed by atoms with Gasteiger partial charge in [-0.25, -0.2) is 18.6 Å². The topological polar surface area (TPSA) is 155 Å². The Balaban J connectivity index is 1.88. The van der Waals surface area contributed by atoms with E-state index < -0.39 is 33.2 Å². The van der Waals surface area contributed by atoms with Crippen LogP contribution in [0.3, 0.4) is 0 Å². The molecular weight excluding hydrogens is 394 g/mol. The predicted molar refractivity (Wildman–Crippen MR) is 98.6 cm³/mol. The van der Waals surface area contributed by atoms with E-state index in [1.165, 1.54) is 12.4 Å². The SMILES string of the molecule is Cn1cnc([S+]([O-])Nc2ccc(-c3ccn(S(N)(=O)=O)c3C(=O)O)cc2)c1. The molecule has 0 spiro atoms. The van der Waals surface area contributed by atoms with Gasteiger partial charge in [0.15, 0.2) is 5.69 Å². The summed E-state index contributed by atoms with van der Waals surface area (Å²) >= 11 is -1.56. The first-order chi connectivity index (χ1) is 12.7. The molecule has 3 aromatic rings. The van der Waals surface area contributed by atoms with E-state index in [9.17, 15) is 22.9 Å². The Hall–Kier alpha value is -2.80. The second kappa shape index (κ2) is 7.08. The summed E-state index contributed by atoms with van der Waals surface area (Å²) in [6, 6.07) is 7.69. The highest BCUT2D eigenvalue weighted by Gasteiger charge is 2.23. The number of nitrogens with two attached hydrogens (primary N) is 1. The molecule has 2 aromatic heterocycles. The van der Waals surface area contributed by atoms with E-state index >= 15 is 0 Å². The molecule has 0 aliphatic rings. The monoisotopic (exact) mass is 409 g/mol. The summed E-state index contributed by atoms with van der Waals surface area (Å²) in [5.74, 6) is -1.43. The molecule has 1 aromatic carbocycles. The Morgan fingerprint density at radius 1 is 1.30 bits per heavy atom. The van der Waals surface area contributed by atoms with Crippen LogP contribution in [-0.4, -0.2) is 37.6 Å². The lowest BCUT2D eigenvalue weighted by molar-refractivity contribution is 0.0690. The zero-order chi connectivity index (χ0) is 19.8. The van der Waals surface area contributed by atoms with E-state index in [0.717, 1.165) is 6.20 Å². The van der Waals surface area contributed by atoms with E-state index in [0.29, 0.717) is 20.2 Å². The fourth-order valence-corrected chi connectivity index (χ4v) is 3.95. The third kappa shape index (κ3) is 3.98.